The van der Waals surface area contributed by atoms with Crippen molar-refractivity contribution in [1.82, 2.24) is 0 Å². The number of allylic oxidation sites excluding steroid dienone is 3. The summed E-state index contributed by atoms with van der Waals surface area (Å²) in [5.74, 6) is 0. The van der Waals surface area contributed by atoms with Gasteiger partial charge in [0.2, 0.25) is 0 Å². The van der Waals surface area contributed by atoms with Crippen molar-refractivity contribution < 1.29 is 0 Å². The van der Waals surface area contributed by atoms with E-state index in [1.54, 1.807) is 0 Å². The van der Waals surface area contributed by atoms with Crippen LogP contribution in [0.1, 0.15) is 0 Å². The zero-order valence-corrected chi connectivity index (χ0v) is 8.55. The summed E-state index contributed by atoms with van der Waals surface area (Å²) in [6.45, 7) is 11.2. The summed E-state index contributed by atoms with van der Waals surface area (Å²) in [5, 5.41) is 0. The summed E-state index contributed by atoms with van der Waals surface area (Å²) in [5.41, 5.74) is 2.94. The van der Waals surface area contributed by atoms with Crippen LogP contribution in [0.25, 0.3) is 0 Å². The minimum Gasteiger partial charge on any atom is -0.134 e. The first-order chi connectivity index (χ1) is 5.74. The van der Waals surface area contributed by atoms with E-state index in [2.05, 4.69) is 25.3 Å². The van der Waals surface area contributed by atoms with E-state index in [0.29, 0.717) is 0 Å². The van der Waals surface area contributed by atoms with Gasteiger partial charge in [0.25, 0.3) is 0 Å². The van der Waals surface area contributed by atoms with Crippen LogP contribution in [0.15, 0.2) is 38.0 Å². The molecule has 0 saturated carbocycles. The van der Waals surface area contributed by atoms with Gasteiger partial charge in [-0.25, -0.2) is 0 Å². The van der Waals surface area contributed by atoms with Crippen molar-refractivity contribution in [1.29, 1.82) is 0 Å². The van der Waals surface area contributed by atoms with Crippen LogP contribution in [0.4, 0.5) is 0 Å². The topological polar surface area (TPSA) is 0 Å². The Hall–Kier alpha value is -1.00. The molecule has 0 radical (unpaired) electrons. The van der Waals surface area contributed by atoms with Gasteiger partial charge in [0.1, 0.15) is 8.07 Å². The molecule has 0 rings (SSSR count). The number of terminal acetylenes is 1. The van der Waals surface area contributed by atoms with E-state index in [9.17, 15) is 0 Å². The summed E-state index contributed by atoms with van der Waals surface area (Å²) in [6, 6.07) is 2.88. The smallest absolute Gasteiger partial charge is 0.134 e. The molecule has 0 fully saturated rings. The molecule has 0 aromatic rings. The van der Waals surface area contributed by atoms with Gasteiger partial charge in [0, 0.05) is 0 Å². The first kappa shape index (κ1) is 11.0. The predicted molar refractivity (Wildman–Crippen MR) is 59.6 cm³/mol. The van der Waals surface area contributed by atoms with E-state index in [0.717, 1.165) is 18.1 Å². The van der Waals surface area contributed by atoms with Crippen LogP contribution in [0.2, 0.25) is 18.1 Å². The van der Waals surface area contributed by atoms with Crippen LogP contribution >= 0.6 is 0 Å². The molecule has 0 aromatic carbocycles. The normalized spacial score (nSPS) is 9.92. The zero-order valence-electron chi connectivity index (χ0n) is 7.55. The van der Waals surface area contributed by atoms with Gasteiger partial charge in [0.05, 0.1) is 0 Å². The molecule has 0 aromatic heterocycles. The molecule has 12 heavy (non-hydrogen) atoms. The fourth-order valence-corrected chi connectivity index (χ4v) is 3.77. The maximum absolute atomic E-state index is 5.53. The predicted octanol–water partition coefficient (Wildman–Crippen LogP) is 3.17. The van der Waals surface area contributed by atoms with Gasteiger partial charge in [-0.1, -0.05) is 18.2 Å². The van der Waals surface area contributed by atoms with Crippen LogP contribution in [0, 0.1) is 12.0 Å². The van der Waals surface area contributed by atoms with Crippen molar-refractivity contribution in [2.45, 2.75) is 18.1 Å². The molecule has 0 N–H and O–H groups in total. The van der Waals surface area contributed by atoms with Gasteiger partial charge in [-0.15, -0.1) is 31.7 Å². The second kappa shape index (κ2) is 5.62. The lowest BCUT2D eigenvalue weighted by Gasteiger charge is -2.20. The molecule has 0 atom stereocenters. The highest BCUT2D eigenvalue weighted by Crippen LogP contribution is 2.21. The van der Waals surface area contributed by atoms with Crippen molar-refractivity contribution in [2.24, 2.45) is 0 Å². The van der Waals surface area contributed by atoms with Gasteiger partial charge in [-0.2, -0.15) is 0 Å². The molecule has 0 amide bonds. The summed E-state index contributed by atoms with van der Waals surface area (Å²) < 4.78 is 0. The maximum Gasteiger partial charge on any atom is 0.149 e. The summed E-state index contributed by atoms with van der Waals surface area (Å²) >= 11 is 0. The molecule has 0 bridgehead atoms. The average molecular weight is 176 g/mol. The molecular weight excluding hydrogens is 160 g/mol. The van der Waals surface area contributed by atoms with Gasteiger partial charge in [-0.3, -0.25) is 0 Å². The first-order valence-electron chi connectivity index (χ1n) is 4.05. The van der Waals surface area contributed by atoms with E-state index in [1.165, 1.54) is 0 Å². The Morgan fingerprint density at radius 1 is 1.00 bits per heavy atom. The van der Waals surface area contributed by atoms with Gasteiger partial charge in [0.15, 0.2) is 0 Å². The Morgan fingerprint density at radius 3 is 1.50 bits per heavy atom. The van der Waals surface area contributed by atoms with E-state index in [4.69, 9.17) is 6.42 Å². The van der Waals surface area contributed by atoms with Crippen LogP contribution < -0.4 is 0 Å². The molecule has 0 nitrogen and oxygen atoms in total. The third kappa shape index (κ3) is 2.94. The molecule has 1 heteroatoms. The van der Waals surface area contributed by atoms with Gasteiger partial charge in [-0.05, 0) is 18.1 Å². The Kier molecular flexibility index (Phi) is 5.15. The molecular formula is C11H16Si. The minimum absolute atomic E-state index is 0.960. The Labute approximate surface area is 76.7 Å². The number of rotatable bonds is 6. The molecule has 0 unspecified atom stereocenters. The average Bonchev–Trinajstić information content (AvgIpc) is 2.06. The van der Waals surface area contributed by atoms with Crippen LogP contribution in [-0.4, -0.2) is 8.07 Å². The fourth-order valence-electron chi connectivity index (χ4n) is 1.26. The quantitative estimate of drug-likeness (QED) is 0.331. The van der Waals surface area contributed by atoms with E-state index in [1.807, 2.05) is 18.2 Å². The van der Waals surface area contributed by atoms with Crippen LogP contribution in [-0.2, 0) is 0 Å². The summed E-state index contributed by atoms with van der Waals surface area (Å²) in [6.07, 6.45) is 11.3. The number of hydrogen-bond donors (Lipinski definition) is 0. The summed E-state index contributed by atoms with van der Waals surface area (Å²) in [7, 11) is -1.60. The molecule has 0 heterocycles. The molecule has 64 valence electrons. The van der Waals surface area contributed by atoms with Crippen LogP contribution in [0.5, 0.6) is 0 Å². The lowest BCUT2D eigenvalue weighted by atomic mass is 10.7. The molecule has 0 aliphatic heterocycles. The molecule has 0 spiro atoms. The van der Waals surface area contributed by atoms with Crippen LogP contribution in [0.3, 0.4) is 0 Å². The van der Waals surface area contributed by atoms with Crippen molar-refractivity contribution in [3.8, 4) is 12.0 Å². The molecule has 0 aliphatic rings. The highest BCUT2D eigenvalue weighted by Gasteiger charge is 2.26. The first-order valence-corrected chi connectivity index (χ1v) is 6.67. The van der Waals surface area contributed by atoms with E-state index in [-0.39, 0.29) is 0 Å². The Balaban J connectivity index is 4.49. The lowest BCUT2D eigenvalue weighted by molar-refractivity contribution is 1.40. The van der Waals surface area contributed by atoms with Crippen molar-refractivity contribution in [3.63, 3.8) is 0 Å². The van der Waals surface area contributed by atoms with Crippen molar-refractivity contribution >= 4 is 8.07 Å². The standard InChI is InChI=1S/C11H16Si/c1-5-9-12(8-4,10-6-2)11-7-3/h4-7H,1-3,9-11H2. The molecule has 0 saturated heterocycles. The Bertz CT molecular complexity index is 181. The second-order valence-corrected chi connectivity index (χ2v) is 6.98. The monoisotopic (exact) mass is 176 g/mol. The maximum atomic E-state index is 5.53. The third-order valence-electron chi connectivity index (χ3n) is 1.91. The lowest BCUT2D eigenvalue weighted by Crippen LogP contribution is -2.30. The zero-order chi connectivity index (χ0) is 9.45. The third-order valence-corrected chi connectivity index (χ3v) is 5.73. The number of hydrogen-bond acceptors (Lipinski definition) is 0. The largest absolute Gasteiger partial charge is 0.149 e. The fraction of sp³-hybridized carbons (Fsp3) is 0.273. The SMILES string of the molecule is C#C[Si](CC=C)(CC=C)CC=C. The van der Waals surface area contributed by atoms with Crippen molar-refractivity contribution in [2.75, 3.05) is 0 Å². The van der Waals surface area contributed by atoms with Crippen molar-refractivity contribution in [3.05, 3.63) is 38.0 Å². The molecule has 0 aliphatic carbocycles. The van der Waals surface area contributed by atoms with Gasteiger partial charge < -0.3 is 0 Å². The highest BCUT2D eigenvalue weighted by molar-refractivity contribution is 6.88. The minimum atomic E-state index is -1.60. The second-order valence-electron chi connectivity index (χ2n) is 2.90. The summed E-state index contributed by atoms with van der Waals surface area (Å²) in [4.78, 5) is 0. The van der Waals surface area contributed by atoms with E-state index >= 15 is 0 Å². The van der Waals surface area contributed by atoms with Gasteiger partial charge >= 0.3 is 0 Å². The Morgan fingerprint density at radius 2 is 1.33 bits per heavy atom. The highest BCUT2D eigenvalue weighted by atomic mass is 28.3. The van der Waals surface area contributed by atoms with E-state index < -0.39 is 8.07 Å².